The van der Waals surface area contributed by atoms with Crippen molar-refractivity contribution in [3.63, 3.8) is 0 Å². The van der Waals surface area contributed by atoms with Crippen LogP contribution in [-0.2, 0) is 6.42 Å². The number of benzene rings is 2. The molecule has 3 rings (SSSR count). The van der Waals surface area contributed by atoms with Gasteiger partial charge in [-0.1, -0.05) is 30.7 Å². The third kappa shape index (κ3) is 2.58. The summed E-state index contributed by atoms with van der Waals surface area (Å²) in [6.07, 6.45) is 0.655. The molecule has 0 unspecified atom stereocenters. The van der Waals surface area contributed by atoms with E-state index in [1.54, 1.807) is 10.6 Å². The highest BCUT2D eigenvalue weighted by atomic mass is 127. The van der Waals surface area contributed by atoms with E-state index in [0.29, 0.717) is 28.3 Å². The SMILES string of the molecule is CCc1nc2ccc(I)cc2c(=O)n1-c1ccccc1Cl. The summed E-state index contributed by atoms with van der Waals surface area (Å²) in [5.74, 6) is 0.710. The van der Waals surface area contributed by atoms with Crippen molar-refractivity contribution >= 4 is 45.1 Å². The van der Waals surface area contributed by atoms with E-state index in [-0.39, 0.29) is 5.56 Å². The van der Waals surface area contributed by atoms with Crippen molar-refractivity contribution in [1.29, 1.82) is 0 Å². The van der Waals surface area contributed by atoms with E-state index in [1.165, 1.54) is 0 Å². The van der Waals surface area contributed by atoms with E-state index < -0.39 is 0 Å². The van der Waals surface area contributed by atoms with Crippen LogP contribution in [-0.4, -0.2) is 9.55 Å². The predicted molar refractivity (Wildman–Crippen MR) is 94.4 cm³/mol. The summed E-state index contributed by atoms with van der Waals surface area (Å²) in [5.41, 5.74) is 1.32. The molecule has 0 aliphatic heterocycles. The van der Waals surface area contributed by atoms with Crippen molar-refractivity contribution in [2.24, 2.45) is 0 Å². The van der Waals surface area contributed by atoms with Gasteiger partial charge in [0.2, 0.25) is 0 Å². The highest BCUT2D eigenvalue weighted by Crippen LogP contribution is 2.21. The third-order valence-electron chi connectivity index (χ3n) is 3.31. The summed E-state index contributed by atoms with van der Waals surface area (Å²) in [4.78, 5) is 17.5. The minimum Gasteiger partial charge on any atom is -0.268 e. The van der Waals surface area contributed by atoms with Gasteiger partial charge in [-0.2, -0.15) is 0 Å². The van der Waals surface area contributed by atoms with Crippen LogP contribution in [0.4, 0.5) is 0 Å². The number of hydrogen-bond donors (Lipinski definition) is 0. The highest BCUT2D eigenvalue weighted by molar-refractivity contribution is 14.1. The van der Waals surface area contributed by atoms with Crippen LogP contribution in [0.2, 0.25) is 5.02 Å². The molecule has 1 aromatic heterocycles. The van der Waals surface area contributed by atoms with E-state index >= 15 is 0 Å². The van der Waals surface area contributed by atoms with Crippen LogP contribution < -0.4 is 5.56 Å². The average Bonchev–Trinajstić information content (AvgIpc) is 2.49. The maximum absolute atomic E-state index is 12.9. The molecule has 0 saturated heterocycles. The first-order valence-corrected chi connectivity index (χ1v) is 8.03. The summed E-state index contributed by atoms with van der Waals surface area (Å²) in [6, 6.07) is 13.0. The molecule has 3 aromatic rings. The summed E-state index contributed by atoms with van der Waals surface area (Å²) < 4.78 is 2.62. The Kier molecular flexibility index (Phi) is 3.99. The smallest absolute Gasteiger partial charge is 0.266 e. The maximum Gasteiger partial charge on any atom is 0.266 e. The van der Waals surface area contributed by atoms with Crippen molar-refractivity contribution in [3.05, 3.63) is 67.2 Å². The molecule has 0 radical (unpaired) electrons. The summed E-state index contributed by atoms with van der Waals surface area (Å²) in [5, 5.41) is 1.15. The Balaban J connectivity index is 2.44. The van der Waals surface area contributed by atoms with Crippen LogP contribution in [0.5, 0.6) is 0 Å². The zero-order valence-electron chi connectivity index (χ0n) is 11.3. The van der Waals surface area contributed by atoms with E-state index in [1.807, 2.05) is 43.3 Å². The summed E-state index contributed by atoms with van der Waals surface area (Å²) in [7, 11) is 0. The Morgan fingerprint density at radius 1 is 1.24 bits per heavy atom. The van der Waals surface area contributed by atoms with Crippen molar-refractivity contribution in [3.8, 4) is 5.69 Å². The fraction of sp³-hybridized carbons (Fsp3) is 0.125. The lowest BCUT2D eigenvalue weighted by molar-refractivity contribution is 0.833. The monoisotopic (exact) mass is 410 g/mol. The van der Waals surface area contributed by atoms with Crippen molar-refractivity contribution in [2.75, 3.05) is 0 Å². The highest BCUT2D eigenvalue weighted by Gasteiger charge is 2.13. The minimum atomic E-state index is -0.0801. The zero-order valence-corrected chi connectivity index (χ0v) is 14.2. The number of nitrogens with zero attached hydrogens (tertiary/aromatic N) is 2. The topological polar surface area (TPSA) is 34.9 Å². The van der Waals surface area contributed by atoms with Crippen LogP contribution in [0.15, 0.2) is 47.3 Å². The third-order valence-corrected chi connectivity index (χ3v) is 4.30. The normalized spacial score (nSPS) is 11.0. The molecule has 0 saturated carbocycles. The Morgan fingerprint density at radius 2 is 2.00 bits per heavy atom. The lowest BCUT2D eigenvalue weighted by Gasteiger charge is -2.13. The average molecular weight is 411 g/mol. The van der Waals surface area contributed by atoms with Crippen LogP contribution >= 0.6 is 34.2 Å². The van der Waals surface area contributed by atoms with Crippen LogP contribution in [0.3, 0.4) is 0 Å². The number of rotatable bonds is 2. The first kappa shape index (κ1) is 14.5. The number of aryl methyl sites for hydroxylation is 1. The first-order chi connectivity index (χ1) is 10.1. The van der Waals surface area contributed by atoms with Crippen LogP contribution in [0.1, 0.15) is 12.7 Å². The molecule has 21 heavy (non-hydrogen) atoms. The second-order valence-electron chi connectivity index (χ2n) is 4.64. The van der Waals surface area contributed by atoms with Gasteiger partial charge in [-0.05, 0) is 52.9 Å². The second kappa shape index (κ2) is 5.77. The molecule has 5 heteroatoms. The number of fused-ring (bicyclic) bond motifs is 1. The number of para-hydroxylation sites is 1. The van der Waals surface area contributed by atoms with Gasteiger partial charge < -0.3 is 0 Å². The van der Waals surface area contributed by atoms with Gasteiger partial charge >= 0.3 is 0 Å². The van der Waals surface area contributed by atoms with Crippen LogP contribution in [0.25, 0.3) is 16.6 Å². The van der Waals surface area contributed by atoms with Gasteiger partial charge in [0.1, 0.15) is 5.82 Å². The standard InChI is InChI=1S/C16H12ClIN2O/c1-2-15-19-13-8-7-10(18)9-11(13)16(21)20(15)14-6-4-3-5-12(14)17/h3-9H,2H2,1H3. The molecule has 0 atom stereocenters. The molecule has 0 aliphatic carbocycles. The molecular weight excluding hydrogens is 399 g/mol. The molecule has 0 bridgehead atoms. The maximum atomic E-state index is 12.9. The zero-order chi connectivity index (χ0) is 15.0. The Morgan fingerprint density at radius 3 is 2.71 bits per heavy atom. The van der Waals surface area contributed by atoms with Gasteiger partial charge in [0.25, 0.3) is 5.56 Å². The van der Waals surface area contributed by atoms with Gasteiger partial charge in [-0.15, -0.1) is 0 Å². The number of aromatic nitrogens is 2. The molecular formula is C16H12ClIN2O. The van der Waals surface area contributed by atoms with E-state index in [0.717, 1.165) is 9.09 Å². The molecule has 3 nitrogen and oxygen atoms in total. The summed E-state index contributed by atoms with van der Waals surface area (Å²) >= 11 is 8.45. The van der Waals surface area contributed by atoms with Crippen molar-refractivity contribution < 1.29 is 0 Å². The second-order valence-corrected chi connectivity index (χ2v) is 6.29. The van der Waals surface area contributed by atoms with E-state index in [4.69, 9.17) is 11.6 Å². The molecule has 0 spiro atoms. The fourth-order valence-corrected chi connectivity index (χ4v) is 3.03. The van der Waals surface area contributed by atoms with Gasteiger partial charge in [0.05, 0.1) is 21.6 Å². The minimum absolute atomic E-state index is 0.0801. The van der Waals surface area contributed by atoms with E-state index in [2.05, 4.69) is 27.6 Å². The van der Waals surface area contributed by atoms with Gasteiger partial charge in [-0.25, -0.2) is 4.98 Å². The van der Waals surface area contributed by atoms with E-state index in [9.17, 15) is 4.79 Å². The Labute approximate surface area is 140 Å². The van der Waals surface area contributed by atoms with Gasteiger partial charge in [0, 0.05) is 9.99 Å². The van der Waals surface area contributed by atoms with Crippen molar-refractivity contribution in [2.45, 2.75) is 13.3 Å². The number of halogens is 2. The van der Waals surface area contributed by atoms with Gasteiger partial charge in [0.15, 0.2) is 0 Å². The molecule has 1 heterocycles. The lowest BCUT2D eigenvalue weighted by Crippen LogP contribution is -2.24. The number of hydrogen-bond acceptors (Lipinski definition) is 2. The van der Waals surface area contributed by atoms with Crippen LogP contribution in [0, 0.1) is 3.57 Å². The molecule has 106 valence electrons. The van der Waals surface area contributed by atoms with Gasteiger partial charge in [-0.3, -0.25) is 9.36 Å². The molecule has 0 N–H and O–H groups in total. The molecule has 2 aromatic carbocycles. The predicted octanol–water partition coefficient (Wildman–Crippen LogP) is 4.21. The largest absolute Gasteiger partial charge is 0.268 e. The molecule has 0 aliphatic rings. The Bertz CT molecular complexity index is 889. The quantitative estimate of drug-likeness (QED) is 0.593. The lowest BCUT2D eigenvalue weighted by atomic mass is 10.2. The molecule has 0 amide bonds. The van der Waals surface area contributed by atoms with Crippen molar-refractivity contribution in [1.82, 2.24) is 9.55 Å². The Hall–Kier alpha value is -1.40. The fourth-order valence-electron chi connectivity index (χ4n) is 2.32. The summed E-state index contributed by atoms with van der Waals surface area (Å²) in [6.45, 7) is 1.98. The molecule has 0 fully saturated rings. The first-order valence-electron chi connectivity index (χ1n) is 6.58.